The minimum Gasteiger partial charge on any atom is -1.00 e. The number of halogens is 1. The maximum absolute atomic E-state index is 13.1. The highest BCUT2D eigenvalue weighted by atomic mass is 79.9. The molecule has 2 aromatic rings. The van der Waals surface area contributed by atoms with Gasteiger partial charge in [-0.15, -0.1) is 0 Å². The second kappa shape index (κ2) is 18.0. The highest BCUT2D eigenvalue weighted by molar-refractivity contribution is 5.87. The van der Waals surface area contributed by atoms with Crippen molar-refractivity contribution in [2.45, 2.75) is 70.8 Å². The van der Waals surface area contributed by atoms with Gasteiger partial charge in [0.05, 0.1) is 12.1 Å². The number of benzene rings is 2. The van der Waals surface area contributed by atoms with Crippen LogP contribution in [0, 0.1) is 0 Å². The highest BCUT2D eigenvalue weighted by Crippen LogP contribution is 2.10. The smallest absolute Gasteiger partial charge is 0.344 e. The van der Waals surface area contributed by atoms with Gasteiger partial charge in [0.25, 0.3) is 0 Å². The van der Waals surface area contributed by atoms with E-state index >= 15 is 0 Å². The molecule has 0 aliphatic rings. The Morgan fingerprint density at radius 3 is 1.69 bits per heavy atom. The molecule has 0 fully saturated rings. The molecule has 1 unspecified atom stereocenters. The Morgan fingerprint density at radius 1 is 0.688 bits per heavy atom. The lowest BCUT2D eigenvalue weighted by Crippen LogP contribution is -3.13. The average molecular weight is 504 g/mol. The Bertz CT molecular complexity index is 706. The van der Waals surface area contributed by atoms with Crippen LogP contribution >= 0.6 is 0 Å². The molecule has 0 spiro atoms. The highest BCUT2D eigenvalue weighted by Gasteiger charge is 2.21. The van der Waals surface area contributed by atoms with Gasteiger partial charge >= 0.3 is 5.91 Å². The molecule has 0 bridgehead atoms. The largest absolute Gasteiger partial charge is 1.00 e. The quantitative estimate of drug-likeness (QED) is 0.356. The summed E-state index contributed by atoms with van der Waals surface area (Å²) >= 11 is 0. The third kappa shape index (κ3) is 12.5. The standard InChI is InChI=1S/C28H42N2O.BrH/c1-29(2)23-17-9-7-5-3-4-6-8-10-18-24-30(25-26-19-13-11-14-20-26)28(31)27-21-15-12-16-22-27;/h11-16,19-22H,3-10,17-18,23-25H2,1-2H3;1H. The second-order valence-electron chi connectivity index (χ2n) is 9.05. The molecule has 0 aliphatic carbocycles. The first kappa shape index (κ1) is 28.5. The maximum atomic E-state index is 13.1. The monoisotopic (exact) mass is 502 g/mol. The molecule has 0 aromatic heterocycles. The van der Waals surface area contributed by atoms with Crippen LogP contribution in [0.4, 0.5) is 0 Å². The molecule has 4 heteroatoms. The number of hydrogen-bond acceptors (Lipinski definition) is 2. The first-order valence-corrected chi connectivity index (χ1v) is 12.3. The molecule has 0 radical (unpaired) electrons. The summed E-state index contributed by atoms with van der Waals surface area (Å²) in [6, 6.07) is 20.2. The summed E-state index contributed by atoms with van der Waals surface area (Å²) in [6.07, 6.45) is 13.2. The van der Waals surface area contributed by atoms with Crippen molar-refractivity contribution in [2.24, 2.45) is 0 Å². The molecule has 3 nitrogen and oxygen atoms in total. The van der Waals surface area contributed by atoms with Crippen molar-refractivity contribution in [1.29, 1.82) is 0 Å². The van der Waals surface area contributed by atoms with E-state index in [9.17, 15) is 4.79 Å². The lowest BCUT2D eigenvalue weighted by atomic mass is 10.1. The van der Waals surface area contributed by atoms with Gasteiger partial charge in [-0.25, -0.2) is 4.79 Å². The van der Waals surface area contributed by atoms with Crippen LogP contribution in [0.2, 0.25) is 0 Å². The van der Waals surface area contributed by atoms with Crippen molar-refractivity contribution < 1.29 is 26.7 Å². The Hall–Kier alpha value is -1.49. The number of carbonyl (C=O) groups excluding carboxylic acids is 1. The normalized spacial score (nSPS) is 11.8. The summed E-state index contributed by atoms with van der Waals surface area (Å²) in [6.45, 7) is 2.90. The van der Waals surface area contributed by atoms with Gasteiger partial charge in [-0.2, -0.15) is 0 Å². The predicted molar refractivity (Wildman–Crippen MR) is 131 cm³/mol. The molecular formula is C28H43BrN2O. The average Bonchev–Trinajstić information content (AvgIpc) is 2.79. The Labute approximate surface area is 207 Å². The third-order valence-corrected chi connectivity index (χ3v) is 5.95. The van der Waals surface area contributed by atoms with Crippen molar-refractivity contribution in [3.8, 4) is 0 Å². The number of unbranched alkanes of at least 4 members (excludes halogenated alkanes) is 9. The van der Waals surface area contributed by atoms with E-state index in [2.05, 4.69) is 43.3 Å². The molecule has 1 N–H and O–H groups in total. The summed E-state index contributed by atoms with van der Waals surface area (Å²) in [5.41, 5.74) is 2.05. The number of nitrogens with one attached hydrogen (secondary N) is 1. The molecule has 2 rings (SSSR count). The van der Waals surface area contributed by atoms with E-state index in [4.69, 9.17) is 0 Å². The van der Waals surface area contributed by atoms with Gasteiger partial charge in [-0.1, -0.05) is 93.5 Å². The number of hydrogen-bond donors (Lipinski definition) is 1. The van der Waals surface area contributed by atoms with Crippen LogP contribution in [0.5, 0.6) is 0 Å². The van der Waals surface area contributed by atoms with Crippen LogP contribution in [-0.2, 0) is 6.54 Å². The molecule has 32 heavy (non-hydrogen) atoms. The van der Waals surface area contributed by atoms with Crippen LogP contribution < -0.4 is 21.9 Å². The van der Waals surface area contributed by atoms with Gasteiger partial charge in [0, 0.05) is 5.56 Å². The van der Waals surface area contributed by atoms with Crippen molar-refractivity contribution in [2.75, 3.05) is 27.2 Å². The van der Waals surface area contributed by atoms with Gasteiger partial charge < -0.3 is 21.9 Å². The molecule has 1 amide bonds. The van der Waals surface area contributed by atoms with Gasteiger partial charge in [-0.05, 0) is 52.0 Å². The van der Waals surface area contributed by atoms with Gasteiger partial charge in [-0.3, -0.25) is 4.90 Å². The Kier molecular flexibility index (Phi) is 16.1. The fraction of sp³-hybridized carbons (Fsp3) is 0.536. The number of carbonyl (C=O) groups is 1. The van der Waals surface area contributed by atoms with E-state index in [1.807, 2.05) is 36.4 Å². The molecule has 2 aromatic carbocycles. The fourth-order valence-electron chi connectivity index (χ4n) is 4.10. The topological polar surface area (TPSA) is 24.8 Å². The van der Waals surface area contributed by atoms with Crippen LogP contribution in [0.3, 0.4) is 0 Å². The van der Waals surface area contributed by atoms with E-state index in [-0.39, 0.29) is 22.9 Å². The van der Waals surface area contributed by atoms with Crippen LogP contribution in [0.25, 0.3) is 0 Å². The van der Waals surface area contributed by atoms with Gasteiger partial charge in [0.2, 0.25) is 0 Å². The zero-order chi connectivity index (χ0) is 22.2. The van der Waals surface area contributed by atoms with Crippen molar-refractivity contribution in [3.63, 3.8) is 0 Å². The molecule has 0 aliphatic heterocycles. The SMILES string of the molecule is CN(C)CCCCCCCCCCCC[NH+](Cc1ccccc1)C(=O)c1ccccc1.[Br-]. The number of rotatable bonds is 16. The number of quaternary nitrogens is 1. The molecule has 0 saturated carbocycles. The van der Waals surface area contributed by atoms with Crippen molar-refractivity contribution in [3.05, 3.63) is 71.8 Å². The van der Waals surface area contributed by atoms with Gasteiger partial charge in [0.15, 0.2) is 0 Å². The second-order valence-corrected chi connectivity index (χ2v) is 9.05. The van der Waals surface area contributed by atoms with E-state index < -0.39 is 0 Å². The molecular weight excluding hydrogens is 460 g/mol. The molecule has 1 atom stereocenters. The van der Waals surface area contributed by atoms with E-state index in [0.29, 0.717) is 0 Å². The summed E-state index contributed by atoms with van der Waals surface area (Å²) in [5.74, 6) is 0.221. The predicted octanol–water partition coefficient (Wildman–Crippen LogP) is 2.38. The number of nitrogens with zero attached hydrogens (tertiary/aromatic N) is 1. The summed E-state index contributed by atoms with van der Waals surface area (Å²) in [7, 11) is 4.31. The Balaban J connectivity index is 0.00000512. The molecule has 0 saturated heterocycles. The maximum Gasteiger partial charge on any atom is 0.344 e. The van der Waals surface area contributed by atoms with E-state index in [1.54, 1.807) is 0 Å². The lowest BCUT2D eigenvalue weighted by molar-refractivity contribution is -0.829. The van der Waals surface area contributed by atoms with E-state index in [0.717, 1.165) is 30.0 Å². The third-order valence-electron chi connectivity index (χ3n) is 5.95. The lowest BCUT2D eigenvalue weighted by Gasteiger charge is -2.17. The summed E-state index contributed by atoms with van der Waals surface area (Å²) in [4.78, 5) is 16.4. The Morgan fingerprint density at radius 2 is 1.16 bits per heavy atom. The molecule has 0 heterocycles. The van der Waals surface area contributed by atoms with Gasteiger partial charge in [0.1, 0.15) is 6.54 Å². The van der Waals surface area contributed by atoms with Crippen LogP contribution in [0.15, 0.2) is 60.7 Å². The van der Waals surface area contributed by atoms with Crippen LogP contribution in [-0.4, -0.2) is 38.0 Å². The molecule has 178 valence electrons. The first-order valence-electron chi connectivity index (χ1n) is 12.3. The zero-order valence-electron chi connectivity index (χ0n) is 20.2. The van der Waals surface area contributed by atoms with Crippen molar-refractivity contribution in [1.82, 2.24) is 4.90 Å². The first-order chi connectivity index (χ1) is 15.2. The van der Waals surface area contributed by atoms with Crippen LogP contribution in [0.1, 0.15) is 80.1 Å². The number of amides is 1. The summed E-state index contributed by atoms with van der Waals surface area (Å²) in [5, 5.41) is 0. The fourth-order valence-corrected chi connectivity index (χ4v) is 4.10. The van der Waals surface area contributed by atoms with Crippen molar-refractivity contribution >= 4 is 5.91 Å². The minimum atomic E-state index is 0. The summed E-state index contributed by atoms with van der Waals surface area (Å²) < 4.78 is 0. The zero-order valence-corrected chi connectivity index (χ0v) is 21.8. The minimum absolute atomic E-state index is 0. The van der Waals surface area contributed by atoms with E-state index in [1.165, 1.54) is 69.9 Å².